The van der Waals surface area contributed by atoms with Crippen LogP contribution in [0.2, 0.25) is 0 Å². The van der Waals surface area contributed by atoms with Gasteiger partial charge in [0.05, 0.1) is 0 Å². The quantitative estimate of drug-likeness (QED) is 0.845. The fraction of sp³-hybridized carbons (Fsp3) is 0.667. The minimum Gasteiger partial charge on any atom is -0.311 e. The SMILES string of the molecule is Cc1ccccc1C1CC(NC2CCC(C)(C)C2)C1. The van der Waals surface area contributed by atoms with Gasteiger partial charge < -0.3 is 5.32 Å². The second-order valence-corrected chi connectivity index (χ2v) is 7.49. The monoisotopic (exact) mass is 257 g/mol. The number of aryl methyl sites for hydroxylation is 1. The van der Waals surface area contributed by atoms with Gasteiger partial charge in [0.2, 0.25) is 0 Å². The lowest BCUT2D eigenvalue weighted by Gasteiger charge is -2.39. The van der Waals surface area contributed by atoms with Crippen molar-refractivity contribution in [1.29, 1.82) is 0 Å². The Balaban J connectivity index is 1.50. The first-order valence-electron chi connectivity index (χ1n) is 7.85. The predicted molar refractivity (Wildman–Crippen MR) is 81.5 cm³/mol. The molecule has 2 aliphatic rings. The van der Waals surface area contributed by atoms with Gasteiger partial charge in [-0.1, -0.05) is 38.1 Å². The first kappa shape index (κ1) is 13.2. The highest BCUT2D eigenvalue weighted by molar-refractivity contribution is 5.31. The Hall–Kier alpha value is -0.820. The normalized spacial score (nSPS) is 33.1. The lowest BCUT2D eigenvalue weighted by molar-refractivity contribution is 0.256. The summed E-state index contributed by atoms with van der Waals surface area (Å²) in [5.41, 5.74) is 3.61. The molecular weight excluding hydrogens is 230 g/mol. The van der Waals surface area contributed by atoms with E-state index in [-0.39, 0.29) is 0 Å². The van der Waals surface area contributed by atoms with Crippen LogP contribution in [0.15, 0.2) is 24.3 Å². The molecule has 104 valence electrons. The molecule has 1 nitrogen and oxygen atoms in total. The van der Waals surface area contributed by atoms with E-state index in [2.05, 4.69) is 50.4 Å². The van der Waals surface area contributed by atoms with Gasteiger partial charge in [-0.2, -0.15) is 0 Å². The predicted octanol–water partition coefficient (Wildman–Crippen LogP) is 4.41. The molecule has 3 rings (SSSR count). The Kier molecular flexibility index (Phi) is 3.42. The van der Waals surface area contributed by atoms with Crippen molar-refractivity contribution in [2.75, 3.05) is 0 Å². The van der Waals surface area contributed by atoms with Crippen molar-refractivity contribution >= 4 is 0 Å². The van der Waals surface area contributed by atoms with E-state index in [0.29, 0.717) is 5.41 Å². The van der Waals surface area contributed by atoms with E-state index in [1.54, 1.807) is 5.56 Å². The third-order valence-electron chi connectivity index (χ3n) is 5.21. The molecule has 1 N–H and O–H groups in total. The van der Waals surface area contributed by atoms with Gasteiger partial charge >= 0.3 is 0 Å². The highest BCUT2D eigenvalue weighted by atomic mass is 15.0. The number of hydrogen-bond donors (Lipinski definition) is 1. The highest BCUT2D eigenvalue weighted by Gasteiger charge is 2.36. The fourth-order valence-corrected chi connectivity index (χ4v) is 3.96. The maximum Gasteiger partial charge on any atom is 0.00813 e. The van der Waals surface area contributed by atoms with Crippen molar-refractivity contribution in [3.05, 3.63) is 35.4 Å². The number of rotatable bonds is 3. The second-order valence-electron chi connectivity index (χ2n) is 7.49. The highest BCUT2D eigenvalue weighted by Crippen LogP contribution is 2.41. The Morgan fingerprint density at radius 3 is 2.47 bits per heavy atom. The van der Waals surface area contributed by atoms with E-state index in [4.69, 9.17) is 0 Å². The number of nitrogens with one attached hydrogen (secondary N) is 1. The summed E-state index contributed by atoms with van der Waals surface area (Å²) in [5.74, 6) is 0.799. The van der Waals surface area contributed by atoms with Gasteiger partial charge in [-0.3, -0.25) is 0 Å². The molecule has 0 amide bonds. The summed E-state index contributed by atoms with van der Waals surface area (Å²) >= 11 is 0. The first-order chi connectivity index (χ1) is 9.03. The topological polar surface area (TPSA) is 12.0 Å². The van der Waals surface area contributed by atoms with Gasteiger partial charge in [0, 0.05) is 12.1 Å². The molecule has 1 atom stereocenters. The van der Waals surface area contributed by atoms with Crippen LogP contribution in [-0.2, 0) is 0 Å². The average Bonchev–Trinajstić information content (AvgIpc) is 2.64. The summed E-state index contributed by atoms with van der Waals surface area (Å²) in [5, 5.41) is 3.89. The van der Waals surface area contributed by atoms with Gasteiger partial charge in [0.15, 0.2) is 0 Å². The van der Waals surface area contributed by atoms with Gasteiger partial charge in [-0.05, 0) is 61.5 Å². The van der Waals surface area contributed by atoms with Gasteiger partial charge in [-0.25, -0.2) is 0 Å². The number of benzene rings is 1. The third kappa shape index (κ3) is 2.86. The zero-order valence-electron chi connectivity index (χ0n) is 12.6. The molecule has 0 aromatic heterocycles. The second kappa shape index (κ2) is 4.94. The van der Waals surface area contributed by atoms with Crippen molar-refractivity contribution in [3.63, 3.8) is 0 Å². The summed E-state index contributed by atoms with van der Waals surface area (Å²) < 4.78 is 0. The van der Waals surface area contributed by atoms with Crippen molar-refractivity contribution in [2.45, 2.75) is 70.9 Å². The Bertz CT molecular complexity index is 443. The van der Waals surface area contributed by atoms with Gasteiger partial charge in [-0.15, -0.1) is 0 Å². The maximum atomic E-state index is 3.89. The average molecular weight is 257 g/mol. The molecule has 1 heteroatoms. The van der Waals surface area contributed by atoms with Crippen LogP contribution in [-0.4, -0.2) is 12.1 Å². The molecule has 1 aromatic rings. The van der Waals surface area contributed by atoms with E-state index in [1.807, 2.05) is 0 Å². The van der Waals surface area contributed by atoms with Crippen molar-refractivity contribution in [1.82, 2.24) is 5.32 Å². The van der Waals surface area contributed by atoms with Crippen LogP contribution in [0.25, 0.3) is 0 Å². The minimum absolute atomic E-state index is 0.566. The summed E-state index contributed by atoms with van der Waals surface area (Å²) in [7, 11) is 0. The maximum absolute atomic E-state index is 3.89. The molecule has 2 saturated carbocycles. The molecule has 1 unspecified atom stereocenters. The van der Waals surface area contributed by atoms with Gasteiger partial charge in [0.25, 0.3) is 0 Å². The van der Waals surface area contributed by atoms with Crippen LogP contribution in [0, 0.1) is 12.3 Å². The summed E-state index contributed by atoms with van der Waals surface area (Å²) in [6, 6.07) is 10.4. The summed E-state index contributed by atoms with van der Waals surface area (Å²) in [6.45, 7) is 7.06. The Labute approximate surface area is 117 Å². The molecule has 19 heavy (non-hydrogen) atoms. The van der Waals surface area contributed by atoms with Crippen LogP contribution in [0.1, 0.15) is 63.0 Å². The van der Waals surface area contributed by atoms with Crippen LogP contribution in [0.4, 0.5) is 0 Å². The lowest BCUT2D eigenvalue weighted by Crippen LogP contribution is -2.45. The van der Waals surface area contributed by atoms with Crippen LogP contribution >= 0.6 is 0 Å². The number of hydrogen-bond acceptors (Lipinski definition) is 1. The zero-order chi connectivity index (χ0) is 13.5. The van der Waals surface area contributed by atoms with Crippen LogP contribution < -0.4 is 5.32 Å². The molecule has 2 fully saturated rings. The Morgan fingerprint density at radius 1 is 1.11 bits per heavy atom. The standard InChI is InChI=1S/C18H27N/c1-13-6-4-5-7-17(13)14-10-16(11-14)19-15-8-9-18(2,3)12-15/h4-7,14-16,19H,8-12H2,1-3H3. The van der Waals surface area contributed by atoms with Gasteiger partial charge in [0.1, 0.15) is 0 Å². The zero-order valence-corrected chi connectivity index (χ0v) is 12.6. The molecule has 0 saturated heterocycles. The van der Waals surface area contributed by atoms with E-state index in [1.165, 1.54) is 37.7 Å². The van der Waals surface area contributed by atoms with E-state index < -0.39 is 0 Å². The third-order valence-corrected chi connectivity index (χ3v) is 5.21. The fourth-order valence-electron chi connectivity index (χ4n) is 3.96. The van der Waals surface area contributed by atoms with Crippen molar-refractivity contribution < 1.29 is 0 Å². The minimum atomic E-state index is 0.566. The molecule has 0 bridgehead atoms. The largest absolute Gasteiger partial charge is 0.311 e. The molecule has 0 spiro atoms. The van der Waals surface area contributed by atoms with Crippen molar-refractivity contribution in [2.24, 2.45) is 5.41 Å². The lowest BCUT2D eigenvalue weighted by atomic mass is 9.74. The molecule has 0 radical (unpaired) electrons. The van der Waals surface area contributed by atoms with Crippen LogP contribution in [0.5, 0.6) is 0 Å². The van der Waals surface area contributed by atoms with E-state index >= 15 is 0 Å². The van der Waals surface area contributed by atoms with E-state index in [0.717, 1.165) is 18.0 Å². The van der Waals surface area contributed by atoms with E-state index in [9.17, 15) is 0 Å². The molecule has 1 aromatic carbocycles. The van der Waals surface area contributed by atoms with Crippen molar-refractivity contribution in [3.8, 4) is 0 Å². The first-order valence-corrected chi connectivity index (χ1v) is 7.85. The molecule has 0 aliphatic heterocycles. The van der Waals surface area contributed by atoms with Crippen LogP contribution in [0.3, 0.4) is 0 Å². The summed E-state index contributed by atoms with van der Waals surface area (Å²) in [4.78, 5) is 0. The molecule has 2 aliphatic carbocycles. The molecule has 0 heterocycles. The smallest absolute Gasteiger partial charge is 0.00813 e. The summed E-state index contributed by atoms with van der Waals surface area (Å²) in [6.07, 6.45) is 6.79. The Morgan fingerprint density at radius 2 is 1.84 bits per heavy atom. The molecular formula is C18H27N.